The number of carbonyl (C=O) groups excluding carboxylic acids is 1. The number of thiophene rings is 1. The van der Waals surface area contributed by atoms with Crippen LogP contribution in [0.25, 0.3) is 26.0 Å². The van der Waals surface area contributed by atoms with Crippen molar-refractivity contribution in [3.05, 3.63) is 54.0 Å². The number of carbonyl (C=O) groups is 1. The largest absolute Gasteiger partial charge is 0.495 e. The summed E-state index contributed by atoms with van der Waals surface area (Å²) in [5, 5.41) is 6.11. The van der Waals surface area contributed by atoms with Crippen LogP contribution in [0.2, 0.25) is 5.02 Å². The number of halogens is 1. The van der Waals surface area contributed by atoms with E-state index in [1.54, 1.807) is 18.4 Å². The number of nitrogens with zero attached hydrogens (tertiary/aromatic N) is 4. The smallest absolute Gasteiger partial charge is 0.245 e. The van der Waals surface area contributed by atoms with Crippen LogP contribution in [0.5, 0.6) is 5.75 Å². The topological polar surface area (TPSA) is 85.8 Å². The Kier molecular flexibility index (Phi) is 4.83. The second kappa shape index (κ2) is 7.55. The Bertz CT molecular complexity index is 1340. The molecule has 1 aromatic carbocycles. The predicted molar refractivity (Wildman–Crippen MR) is 124 cm³/mol. The van der Waals surface area contributed by atoms with E-state index in [-0.39, 0.29) is 11.8 Å². The first-order valence-corrected chi connectivity index (χ1v) is 11.0. The van der Waals surface area contributed by atoms with E-state index in [0.29, 0.717) is 23.9 Å². The molecule has 1 aliphatic rings. The van der Waals surface area contributed by atoms with Crippen molar-refractivity contribution in [1.29, 1.82) is 0 Å². The fourth-order valence-electron chi connectivity index (χ4n) is 4.27. The molecule has 0 aliphatic carbocycles. The lowest BCUT2D eigenvalue weighted by Crippen LogP contribution is -2.26. The van der Waals surface area contributed by atoms with Gasteiger partial charge in [0, 0.05) is 46.2 Å². The summed E-state index contributed by atoms with van der Waals surface area (Å²) in [6.45, 7) is 4.91. The Labute approximate surface area is 187 Å². The number of aromatic nitrogens is 3. The van der Waals surface area contributed by atoms with Gasteiger partial charge in [-0.25, -0.2) is 9.50 Å². The van der Waals surface area contributed by atoms with Crippen LogP contribution >= 0.6 is 22.9 Å². The van der Waals surface area contributed by atoms with Crippen LogP contribution in [-0.4, -0.2) is 45.6 Å². The normalized spacial score (nSPS) is 16.3. The van der Waals surface area contributed by atoms with E-state index in [4.69, 9.17) is 22.1 Å². The van der Waals surface area contributed by atoms with E-state index in [1.807, 2.05) is 21.5 Å². The first-order chi connectivity index (χ1) is 15.0. The summed E-state index contributed by atoms with van der Waals surface area (Å²) in [7, 11) is 1.64. The molecular formula is C22H20ClN5O2S. The van der Waals surface area contributed by atoms with Crippen molar-refractivity contribution in [2.45, 2.75) is 12.3 Å². The van der Waals surface area contributed by atoms with Crippen LogP contribution in [0.1, 0.15) is 18.0 Å². The van der Waals surface area contributed by atoms with Crippen LogP contribution in [0.15, 0.2) is 43.2 Å². The highest BCUT2D eigenvalue weighted by Gasteiger charge is 2.30. The number of hydrogen-bond acceptors (Lipinski definition) is 6. The molecule has 0 bridgehead atoms. The SMILES string of the molecule is C=CC(=O)N1CC[C@@H](c2cc(-c3cc4cc(Cl)cc(OC)c4s3)c3c(N)ncnn23)C1. The molecule has 31 heavy (non-hydrogen) atoms. The van der Waals surface area contributed by atoms with Gasteiger partial charge in [-0.1, -0.05) is 18.2 Å². The van der Waals surface area contributed by atoms with Crippen LogP contribution in [0.4, 0.5) is 5.82 Å². The van der Waals surface area contributed by atoms with Crippen LogP contribution in [-0.2, 0) is 4.79 Å². The summed E-state index contributed by atoms with van der Waals surface area (Å²) in [6.07, 6.45) is 3.68. The molecule has 2 N–H and O–H groups in total. The van der Waals surface area contributed by atoms with Gasteiger partial charge in [-0.15, -0.1) is 11.3 Å². The molecule has 1 atom stereocenters. The van der Waals surface area contributed by atoms with Crippen molar-refractivity contribution in [2.24, 2.45) is 0 Å². The van der Waals surface area contributed by atoms with E-state index in [0.717, 1.165) is 43.9 Å². The minimum atomic E-state index is -0.0498. The molecule has 3 aromatic heterocycles. The van der Waals surface area contributed by atoms with E-state index in [1.165, 1.54) is 12.4 Å². The van der Waals surface area contributed by atoms with E-state index >= 15 is 0 Å². The van der Waals surface area contributed by atoms with Crippen molar-refractivity contribution < 1.29 is 9.53 Å². The number of nitrogen functional groups attached to an aromatic ring is 1. The third-order valence-corrected chi connectivity index (χ3v) is 7.15. The van der Waals surface area contributed by atoms with Crippen LogP contribution in [0, 0.1) is 0 Å². The number of hydrogen-bond donors (Lipinski definition) is 1. The number of fused-ring (bicyclic) bond motifs is 2. The van der Waals surface area contributed by atoms with E-state index < -0.39 is 0 Å². The zero-order valence-electron chi connectivity index (χ0n) is 16.8. The maximum atomic E-state index is 12.1. The lowest BCUT2D eigenvalue weighted by Gasteiger charge is -2.14. The molecule has 1 aliphatic heterocycles. The molecule has 0 radical (unpaired) electrons. The van der Waals surface area contributed by atoms with Gasteiger partial charge in [0.15, 0.2) is 5.82 Å². The van der Waals surface area contributed by atoms with Gasteiger partial charge in [0.1, 0.15) is 17.6 Å². The zero-order valence-corrected chi connectivity index (χ0v) is 18.4. The highest BCUT2D eigenvalue weighted by Crippen LogP contribution is 2.44. The lowest BCUT2D eigenvalue weighted by molar-refractivity contribution is -0.125. The fraction of sp³-hybridized carbons (Fsp3) is 0.227. The fourth-order valence-corrected chi connectivity index (χ4v) is 5.64. The molecule has 1 saturated heterocycles. The quantitative estimate of drug-likeness (QED) is 0.464. The predicted octanol–water partition coefficient (Wildman–Crippen LogP) is 4.36. The van der Waals surface area contributed by atoms with Crippen molar-refractivity contribution in [3.8, 4) is 16.2 Å². The third kappa shape index (κ3) is 3.23. The standard InChI is InChI=1S/C22H20ClN5O2S/c1-3-19(29)27-5-4-12(10-27)16-9-15(20-22(24)25-11-26-28(16)20)18-7-13-6-14(23)8-17(30-2)21(13)31-18/h3,6-9,11-12H,1,4-5,10H2,2H3,(H2,24,25,26)/t12-/m1/s1. The number of nitrogens with two attached hydrogens (primary N) is 1. The molecule has 0 unspecified atom stereocenters. The Morgan fingerprint density at radius 3 is 3.00 bits per heavy atom. The molecule has 0 saturated carbocycles. The van der Waals surface area contributed by atoms with E-state index in [2.05, 4.69) is 28.8 Å². The van der Waals surface area contributed by atoms with Crippen molar-refractivity contribution in [3.63, 3.8) is 0 Å². The van der Waals surface area contributed by atoms with Crippen LogP contribution in [0.3, 0.4) is 0 Å². The van der Waals surface area contributed by atoms with Gasteiger partial charge < -0.3 is 15.4 Å². The average Bonchev–Trinajstić information content (AvgIpc) is 3.48. The van der Waals surface area contributed by atoms with Crippen molar-refractivity contribution in [2.75, 3.05) is 25.9 Å². The van der Waals surface area contributed by atoms with Gasteiger partial charge in [-0.05, 0) is 36.1 Å². The average molecular weight is 454 g/mol. The molecule has 158 valence electrons. The van der Waals surface area contributed by atoms with Gasteiger partial charge in [-0.2, -0.15) is 5.10 Å². The van der Waals surface area contributed by atoms with Gasteiger partial charge >= 0.3 is 0 Å². The van der Waals surface area contributed by atoms with E-state index in [9.17, 15) is 4.79 Å². The number of rotatable bonds is 4. The summed E-state index contributed by atoms with van der Waals surface area (Å²) in [6, 6.07) is 7.94. The molecular weight excluding hydrogens is 434 g/mol. The zero-order chi connectivity index (χ0) is 21.7. The Morgan fingerprint density at radius 1 is 1.39 bits per heavy atom. The maximum absolute atomic E-state index is 12.1. The summed E-state index contributed by atoms with van der Waals surface area (Å²) in [5.41, 5.74) is 9.03. The molecule has 4 aromatic rings. The van der Waals surface area contributed by atoms with Gasteiger partial charge in [0.2, 0.25) is 5.91 Å². The minimum absolute atomic E-state index is 0.0498. The molecule has 1 fully saturated rings. The molecule has 7 nitrogen and oxygen atoms in total. The third-order valence-electron chi connectivity index (χ3n) is 5.74. The number of methoxy groups -OCH3 is 1. The van der Waals surface area contributed by atoms with Gasteiger partial charge in [0.25, 0.3) is 0 Å². The van der Waals surface area contributed by atoms with Crippen molar-refractivity contribution in [1.82, 2.24) is 19.5 Å². The highest BCUT2D eigenvalue weighted by molar-refractivity contribution is 7.22. The first kappa shape index (κ1) is 19.8. The van der Waals surface area contributed by atoms with Crippen molar-refractivity contribution >= 4 is 50.3 Å². The highest BCUT2D eigenvalue weighted by atomic mass is 35.5. The monoisotopic (exact) mass is 453 g/mol. The molecule has 4 heterocycles. The molecule has 1 amide bonds. The summed E-state index contributed by atoms with van der Waals surface area (Å²) < 4.78 is 8.40. The number of benzene rings is 1. The number of anilines is 1. The summed E-state index contributed by atoms with van der Waals surface area (Å²) >= 11 is 7.87. The number of ether oxygens (including phenoxy) is 1. The maximum Gasteiger partial charge on any atom is 0.245 e. The lowest BCUT2D eigenvalue weighted by atomic mass is 10.0. The number of likely N-dealkylation sites (tertiary alicyclic amines) is 1. The molecule has 5 rings (SSSR count). The second-order valence-electron chi connectivity index (χ2n) is 7.50. The van der Waals surface area contributed by atoms with Crippen LogP contribution < -0.4 is 10.5 Å². The molecule has 0 spiro atoms. The Morgan fingerprint density at radius 2 is 2.23 bits per heavy atom. The Hall–Kier alpha value is -3.10. The number of amides is 1. The molecule has 9 heteroatoms. The minimum Gasteiger partial charge on any atom is -0.495 e. The first-order valence-electron chi connectivity index (χ1n) is 9.81. The summed E-state index contributed by atoms with van der Waals surface area (Å²) in [4.78, 5) is 19.1. The second-order valence-corrected chi connectivity index (χ2v) is 8.99. The van der Waals surface area contributed by atoms with Gasteiger partial charge in [0.05, 0.1) is 11.8 Å². The van der Waals surface area contributed by atoms with Gasteiger partial charge in [-0.3, -0.25) is 4.79 Å². The Balaban J connectivity index is 1.66. The summed E-state index contributed by atoms with van der Waals surface area (Å²) in [5.74, 6) is 1.25.